The number of ether oxygens (including phenoxy) is 5. The molecule has 0 aromatic carbocycles. The highest BCUT2D eigenvalue weighted by Gasteiger charge is 2.61. The molecule has 1 saturated heterocycles. The molecule has 1 rings (SSSR count). The van der Waals surface area contributed by atoms with Gasteiger partial charge in [0.05, 0.1) is 0 Å². The van der Waals surface area contributed by atoms with E-state index in [4.69, 9.17) is 28.9 Å². The van der Waals surface area contributed by atoms with Crippen molar-refractivity contribution in [2.45, 2.75) is 58.0 Å². The first-order chi connectivity index (χ1) is 12.0. The minimum atomic E-state index is -3.24. The summed E-state index contributed by atoms with van der Waals surface area (Å²) >= 11 is 0. The van der Waals surface area contributed by atoms with Crippen LogP contribution in [-0.2, 0) is 42.9 Å². The summed E-state index contributed by atoms with van der Waals surface area (Å²) in [5.74, 6) is -6.75. The molecule has 0 saturated carbocycles. The molecule has 1 fully saturated rings. The van der Waals surface area contributed by atoms with E-state index in [0.29, 0.717) is 0 Å². The highest BCUT2D eigenvalue weighted by molar-refractivity contribution is 5.69. The van der Waals surface area contributed by atoms with E-state index in [0.717, 1.165) is 27.7 Å². The third-order valence-electron chi connectivity index (χ3n) is 3.18. The van der Waals surface area contributed by atoms with Gasteiger partial charge >= 0.3 is 29.7 Å². The third-order valence-corrected chi connectivity index (χ3v) is 3.18. The van der Waals surface area contributed by atoms with Crippen molar-refractivity contribution in [1.82, 2.24) is 0 Å². The van der Waals surface area contributed by atoms with Gasteiger partial charge in [0.15, 0.2) is 12.2 Å². The Hall–Kier alpha value is -2.74. The van der Waals surface area contributed by atoms with E-state index in [9.17, 15) is 23.6 Å². The number of rotatable bonds is 5. The van der Waals surface area contributed by atoms with Crippen LogP contribution in [0.3, 0.4) is 0 Å². The zero-order valence-electron chi connectivity index (χ0n) is 14.5. The summed E-state index contributed by atoms with van der Waals surface area (Å²) in [5, 5.41) is 9.15. The highest BCUT2D eigenvalue weighted by atomic mass is 19.2. The first-order valence-corrected chi connectivity index (χ1v) is 7.43. The highest BCUT2D eigenvalue weighted by Crippen LogP contribution is 2.36. The number of halogens is 1. The van der Waals surface area contributed by atoms with Crippen LogP contribution >= 0.6 is 0 Å². The van der Waals surface area contributed by atoms with E-state index in [1.54, 1.807) is 0 Å². The molecule has 0 aromatic heterocycles. The summed E-state index contributed by atoms with van der Waals surface area (Å²) in [7, 11) is 0. The molecule has 0 bridgehead atoms. The van der Waals surface area contributed by atoms with Crippen LogP contribution in [0.5, 0.6) is 0 Å². The Balaban J connectivity index is 3.35. The van der Waals surface area contributed by atoms with Gasteiger partial charge < -0.3 is 23.7 Å². The Morgan fingerprint density at radius 2 is 1.46 bits per heavy atom. The summed E-state index contributed by atoms with van der Waals surface area (Å²) in [5.41, 5.74) is 0. The van der Waals surface area contributed by atoms with Gasteiger partial charge in [0.2, 0.25) is 6.10 Å². The number of hydrogen-bond donors (Lipinski definition) is 0. The molecule has 0 radical (unpaired) electrons. The van der Waals surface area contributed by atoms with E-state index >= 15 is 0 Å². The second-order valence-corrected chi connectivity index (χ2v) is 5.39. The lowest BCUT2D eigenvalue weighted by Gasteiger charge is -2.44. The van der Waals surface area contributed by atoms with Gasteiger partial charge in [-0.1, -0.05) is 0 Å². The molecule has 0 aromatic rings. The van der Waals surface area contributed by atoms with Gasteiger partial charge in [0.25, 0.3) is 0 Å². The van der Waals surface area contributed by atoms with Gasteiger partial charge in [-0.05, 0) is 0 Å². The summed E-state index contributed by atoms with van der Waals surface area (Å²) < 4.78 is 39.4. The fourth-order valence-electron chi connectivity index (χ4n) is 2.34. The molecule has 1 aliphatic rings. The molecule has 0 aliphatic carbocycles. The first-order valence-electron chi connectivity index (χ1n) is 7.43. The predicted octanol–water partition coefficient (Wildman–Crippen LogP) is -0.0672. The van der Waals surface area contributed by atoms with E-state index < -0.39 is 60.8 Å². The van der Waals surface area contributed by atoms with E-state index in [1.165, 1.54) is 6.07 Å². The Bertz CT molecular complexity index is 631. The molecule has 5 unspecified atom stereocenters. The zero-order valence-corrected chi connectivity index (χ0v) is 14.5. The molecule has 1 heterocycles. The van der Waals surface area contributed by atoms with Crippen LogP contribution in [0.25, 0.3) is 0 Å². The normalized spacial score (nSPS) is 30.5. The van der Waals surface area contributed by atoms with Gasteiger partial charge in [-0.25, -0.2) is 0 Å². The number of alkyl halides is 1. The SMILES string of the molecule is CC(=O)OCC1OC(F)(C#N)C(OC(C)=O)C(OC(C)=O)C1OC(C)=O. The molecular formula is C15H18FNO9. The Morgan fingerprint density at radius 3 is 1.88 bits per heavy atom. The molecule has 11 heteroatoms. The van der Waals surface area contributed by atoms with Crippen molar-refractivity contribution >= 4 is 23.9 Å². The largest absolute Gasteiger partial charge is 0.463 e. The lowest BCUT2D eigenvalue weighted by Crippen LogP contribution is -2.66. The molecule has 0 N–H and O–H groups in total. The monoisotopic (exact) mass is 375 g/mol. The number of carbonyl (C=O) groups is 4. The van der Waals surface area contributed by atoms with Crippen molar-refractivity contribution < 1.29 is 47.3 Å². The predicted molar refractivity (Wildman–Crippen MR) is 77.6 cm³/mol. The van der Waals surface area contributed by atoms with Gasteiger partial charge in [0.1, 0.15) is 18.8 Å². The maximum absolute atomic E-state index is 15.0. The zero-order chi connectivity index (χ0) is 20.1. The smallest absolute Gasteiger partial charge is 0.338 e. The Kier molecular flexibility index (Phi) is 7.02. The molecule has 0 spiro atoms. The van der Waals surface area contributed by atoms with Crippen molar-refractivity contribution in [2.75, 3.05) is 6.61 Å². The summed E-state index contributed by atoms with van der Waals surface area (Å²) in [4.78, 5) is 45.1. The first kappa shape index (κ1) is 21.3. The van der Waals surface area contributed by atoms with Gasteiger partial charge in [-0.2, -0.15) is 9.65 Å². The van der Waals surface area contributed by atoms with Crippen LogP contribution in [-0.4, -0.2) is 60.8 Å². The van der Waals surface area contributed by atoms with E-state index in [-0.39, 0.29) is 0 Å². The standard InChI is InChI=1S/C15H18FNO9/c1-7(18)22-5-11-12(23-8(2)19)13(24-9(3)20)14(25-10(4)21)15(16,6-17)26-11/h11-14H,5H2,1-4H3. The molecule has 144 valence electrons. The summed E-state index contributed by atoms with van der Waals surface area (Å²) in [6, 6.07) is 1.19. The van der Waals surface area contributed by atoms with Crippen LogP contribution in [0.15, 0.2) is 0 Å². The molecule has 1 aliphatic heterocycles. The number of esters is 4. The number of nitrogens with zero attached hydrogens (tertiary/aromatic N) is 1. The van der Waals surface area contributed by atoms with E-state index in [2.05, 4.69) is 0 Å². The van der Waals surface area contributed by atoms with Crippen molar-refractivity contribution in [2.24, 2.45) is 0 Å². The minimum Gasteiger partial charge on any atom is -0.463 e. The number of hydrogen-bond acceptors (Lipinski definition) is 10. The Labute approximate surface area is 148 Å². The fourth-order valence-corrected chi connectivity index (χ4v) is 2.34. The third kappa shape index (κ3) is 5.38. The van der Waals surface area contributed by atoms with E-state index in [1.807, 2.05) is 0 Å². The molecule has 10 nitrogen and oxygen atoms in total. The van der Waals surface area contributed by atoms with Crippen LogP contribution in [0.4, 0.5) is 4.39 Å². The average Bonchev–Trinajstić information content (AvgIpc) is 2.50. The van der Waals surface area contributed by atoms with Gasteiger partial charge in [0, 0.05) is 27.7 Å². The molecular weight excluding hydrogens is 357 g/mol. The molecule has 5 atom stereocenters. The van der Waals surface area contributed by atoms with Crippen molar-refractivity contribution in [3.05, 3.63) is 0 Å². The second-order valence-electron chi connectivity index (χ2n) is 5.39. The van der Waals surface area contributed by atoms with Crippen molar-refractivity contribution in [1.29, 1.82) is 5.26 Å². The van der Waals surface area contributed by atoms with Gasteiger partial charge in [-0.3, -0.25) is 19.2 Å². The van der Waals surface area contributed by atoms with Crippen molar-refractivity contribution in [3.63, 3.8) is 0 Å². The second kappa shape index (κ2) is 8.57. The average molecular weight is 375 g/mol. The fraction of sp³-hybridized carbons (Fsp3) is 0.667. The lowest BCUT2D eigenvalue weighted by molar-refractivity contribution is -0.304. The maximum atomic E-state index is 15.0. The van der Waals surface area contributed by atoms with Gasteiger partial charge in [-0.15, -0.1) is 0 Å². The summed E-state index contributed by atoms with van der Waals surface area (Å²) in [6.45, 7) is 3.41. The molecule has 26 heavy (non-hydrogen) atoms. The van der Waals surface area contributed by atoms with Crippen molar-refractivity contribution in [3.8, 4) is 6.07 Å². The lowest BCUT2D eigenvalue weighted by atomic mass is 9.93. The minimum absolute atomic E-state index is 0.606. The van der Waals surface area contributed by atoms with Crippen LogP contribution < -0.4 is 0 Å². The Morgan fingerprint density at radius 1 is 0.962 bits per heavy atom. The maximum Gasteiger partial charge on any atom is 0.338 e. The number of nitriles is 1. The van der Waals surface area contributed by atoms with Crippen LogP contribution in [0.1, 0.15) is 27.7 Å². The topological polar surface area (TPSA) is 138 Å². The number of carbonyl (C=O) groups excluding carboxylic acids is 4. The van der Waals surface area contributed by atoms with Crippen LogP contribution in [0, 0.1) is 11.3 Å². The van der Waals surface area contributed by atoms with Crippen LogP contribution in [0.2, 0.25) is 0 Å². The quantitative estimate of drug-likeness (QED) is 0.474. The molecule has 0 amide bonds. The summed E-state index contributed by atoms with van der Waals surface area (Å²) in [6.07, 6.45) is -6.74.